The summed E-state index contributed by atoms with van der Waals surface area (Å²) in [4.78, 5) is 17.2. The molecule has 0 aliphatic rings. The highest BCUT2D eigenvalue weighted by atomic mass is 16.5. The van der Waals surface area contributed by atoms with Crippen LogP contribution in [0, 0.1) is 0 Å². The van der Waals surface area contributed by atoms with E-state index in [-0.39, 0.29) is 5.43 Å². The van der Waals surface area contributed by atoms with Crippen molar-refractivity contribution >= 4 is 21.9 Å². The van der Waals surface area contributed by atoms with Crippen LogP contribution >= 0.6 is 0 Å². The molecule has 4 heteroatoms. The lowest BCUT2D eigenvalue weighted by atomic mass is 10.1. The van der Waals surface area contributed by atoms with E-state index in [1.54, 1.807) is 19.4 Å². The summed E-state index contributed by atoms with van der Waals surface area (Å²) in [6.45, 7) is 0.637. The van der Waals surface area contributed by atoms with Crippen LogP contribution in [0.15, 0.2) is 71.7 Å². The lowest BCUT2D eigenvalue weighted by Gasteiger charge is -2.14. The van der Waals surface area contributed by atoms with Crippen molar-refractivity contribution in [3.63, 3.8) is 0 Å². The van der Waals surface area contributed by atoms with Gasteiger partial charge in [0, 0.05) is 18.1 Å². The number of nitrogens with zero attached hydrogens (tertiary/aromatic N) is 2. The molecule has 0 atom stereocenters. The minimum absolute atomic E-state index is 0.0275. The number of benzene rings is 2. The first-order valence-corrected chi connectivity index (χ1v) is 7.77. The second-order valence-corrected chi connectivity index (χ2v) is 5.66. The average Bonchev–Trinajstić information content (AvgIpc) is 2.65. The molecule has 0 bridgehead atoms. The zero-order valence-electron chi connectivity index (χ0n) is 13.3. The SMILES string of the molecule is COc1ccc(Cn2c3ccccc3c(=O)c3cccnc32)cc1. The van der Waals surface area contributed by atoms with Gasteiger partial charge in [0.1, 0.15) is 11.4 Å². The molecule has 118 valence electrons. The summed E-state index contributed by atoms with van der Waals surface area (Å²) in [7, 11) is 1.65. The minimum atomic E-state index is 0.0275. The van der Waals surface area contributed by atoms with Crippen molar-refractivity contribution in [3.05, 3.63) is 82.6 Å². The Balaban J connectivity index is 1.97. The monoisotopic (exact) mass is 316 g/mol. The summed E-state index contributed by atoms with van der Waals surface area (Å²) >= 11 is 0. The summed E-state index contributed by atoms with van der Waals surface area (Å²) in [5, 5.41) is 1.36. The molecule has 0 N–H and O–H groups in total. The molecule has 24 heavy (non-hydrogen) atoms. The molecule has 4 rings (SSSR count). The first-order chi connectivity index (χ1) is 11.8. The molecule has 4 aromatic rings. The molecule has 0 spiro atoms. The molecular formula is C20H16N2O2. The van der Waals surface area contributed by atoms with Gasteiger partial charge in [-0.25, -0.2) is 4.98 Å². The molecule has 0 fully saturated rings. The third-order valence-corrected chi connectivity index (χ3v) is 4.23. The first kappa shape index (κ1) is 14.5. The fraction of sp³-hybridized carbons (Fsp3) is 0.100. The Bertz CT molecular complexity index is 1020. The molecule has 4 nitrogen and oxygen atoms in total. The summed E-state index contributed by atoms with van der Waals surface area (Å²) in [5.41, 5.74) is 2.75. The fourth-order valence-corrected chi connectivity index (χ4v) is 3.02. The number of para-hydroxylation sites is 1. The standard InChI is InChI=1S/C20H16N2O2/c1-24-15-10-8-14(9-11-15)13-22-18-7-3-2-5-16(18)19(23)17-6-4-12-21-20(17)22/h2-12H,13H2,1H3. The Labute approximate surface area is 139 Å². The quantitative estimate of drug-likeness (QED) is 0.542. The third kappa shape index (κ3) is 2.33. The Morgan fingerprint density at radius 3 is 2.50 bits per heavy atom. The molecule has 2 heterocycles. The summed E-state index contributed by atoms with van der Waals surface area (Å²) < 4.78 is 7.31. The van der Waals surface area contributed by atoms with E-state index >= 15 is 0 Å². The number of methoxy groups -OCH3 is 1. The molecule has 0 aliphatic heterocycles. The summed E-state index contributed by atoms with van der Waals surface area (Å²) in [6.07, 6.45) is 1.72. The van der Waals surface area contributed by atoms with Gasteiger partial charge in [-0.15, -0.1) is 0 Å². The van der Waals surface area contributed by atoms with Crippen LogP contribution in [0.1, 0.15) is 5.56 Å². The number of hydrogen-bond acceptors (Lipinski definition) is 3. The maximum absolute atomic E-state index is 12.7. The van der Waals surface area contributed by atoms with E-state index in [9.17, 15) is 4.79 Å². The predicted molar refractivity (Wildman–Crippen MR) is 95.6 cm³/mol. The van der Waals surface area contributed by atoms with Crippen molar-refractivity contribution in [3.8, 4) is 5.75 Å². The van der Waals surface area contributed by atoms with Crippen LogP contribution in [-0.2, 0) is 6.54 Å². The number of hydrogen-bond donors (Lipinski definition) is 0. The number of ether oxygens (including phenoxy) is 1. The van der Waals surface area contributed by atoms with Crippen molar-refractivity contribution in [2.45, 2.75) is 6.54 Å². The van der Waals surface area contributed by atoms with Gasteiger partial charge in [-0.2, -0.15) is 0 Å². The van der Waals surface area contributed by atoms with Crippen molar-refractivity contribution < 1.29 is 4.74 Å². The molecule has 2 aromatic heterocycles. The highest BCUT2D eigenvalue weighted by Gasteiger charge is 2.11. The fourth-order valence-electron chi connectivity index (χ4n) is 3.02. The maximum Gasteiger partial charge on any atom is 0.198 e. The normalized spacial score (nSPS) is 11.0. The second-order valence-electron chi connectivity index (χ2n) is 5.66. The largest absolute Gasteiger partial charge is 0.497 e. The lowest BCUT2D eigenvalue weighted by Crippen LogP contribution is -2.13. The Hall–Kier alpha value is -3.14. The molecule has 0 unspecified atom stereocenters. The highest BCUT2D eigenvalue weighted by molar-refractivity contribution is 5.91. The van der Waals surface area contributed by atoms with Gasteiger partial charge in [-0.05, 0) is 42.0 Å². The van der Waals surface area contributed by atoms with Gasteiger partial charge in [0.15, 0.2) is 5.43 Å². The van der Waals surface area contributed by atoms with Gasteiger partial charge >= 0.3 is 0 Å². The minimum Gasteiger partial charge on any atom is -0.497 e. The summed E-state index contributed by atoms with van der Waals surface area (Å²) in [5.74, 6) is 0.825. The third-order valence-electron chi connectivity index (χ3n) is 4.23. The molecule has 0 saturated heterocycles. The zero-order valence-corrected chi connectivity index (χ0v) is 13.3. The highest BCUT2D eigenvalue weighted by Crippen LogP contribution is 2.20. The molecule has 0 amide bonds. The molecule has 0 aliphatic carbocycles. The van der Waals surface area contributed by atoms with Crippen LogP contribution in [0.4, 0.5) is 0 Å². The maximum atomic E-state index is 12.7. The van der Waals surface area contributed by atoms with Gasteiger partial charge < -0.3 is 9.30 Å². The average molecular weight is 316 g/mol. The van der Waals surface area contributed by atoms with Crippen LogP contribution in [-0.4, -0.2) is 16.7 Å². The molecule has 0 radical (unpaired) electrons. The topological polar surface area (TPSA) is 44.1 Å². The predicted octanol–water partition coefficient (Wildman–Crippen LogP) is 3.61. The Morgan fingerprint density at radius 2 is 1.71 bits per heavy atom. The van der Waals surface area contributed by atoms with E-state index in [1.165, 1.54) is 0 Å². The van der Waals surface area contributed by atoms with E-state index in [1.807, 2.05) is 54.6 Å². The smallest absolute Gasteiger partial charge is 0.198 e. The van der Waals surface area contributed by atoms with Crippen LogP contribution in [0.3, 0.4) is 0 Å². The number of fused-ring (bicyclic) bond motifs is 2. The first-order valence-electron chi connectivity index (χ1n) is 7.77. The van der Waals surface area contributed by atoms with E-state index in [4.69, 9.17) is 4.74 Å². The van der Waals surface area contributed by atoms with Gasteiger partial charge in [-0.1, -0.05) is 24.3 Å². The van der Waals surface area contributed by atoms with Crippen molar-refractivity contribution in [2.24, 2.45) is 0 Å². The van der Waals surface area contributed by atoms with Crippen LogP contribution in [0.2, 0.25) is 0 Å². The second kappa shape index (κ2) is 5.81. The van der Waals surface area contributed by atoms with Gasteiger partial charge in [-0.3, -0.25) is 4.79 Å². The van der Waals surface area contributed by atoms with Crippen molar-refractivity contribution in [1.82, 2.24) is 9.55 Å². The van der Waals surface area contributed by atoms with Crippen molar-refractivity contribution in [2.75, 3.05) is 7.11 Å². The Morgan fingerprint density at radius 1 is 0.958 bits per heavy atom. The lowest BCUT2D eigenvalue weighted by molar-refractivity contribution is 0.414. The zero-order chi connectivity index (χ0) is 16.5. The Kier molecular flexibility index (Phi) is 3.50. The molecule has 2 aromatic carbocycles. The van der Waals surface area contributed by atoms with Gasteiger partial charge in [0.2, 0.25) is 0 Å². The van der Waals surface area contributed by atoms with Gasteiger partial charge in [0.05, 0.1) is 18.0 Å². The van der Waals surface area contributed by atoms with Crippen LogP contribution < -0.4 is 10.2 Å². The van der Waals surface area contributed by atoms with Crippen LogP contribution in [0.25, 0.3) is 21.9 Å². The van der Waals surface area contributed by atoms with E-state index in [0.29, 0.717) is 23.0 Å². The van der Waals surface area contributed by atoms with Gasteiger partial charge in [0.25, 0.3) is 0 Å². The number of aromatic nitrogens is 2. The van der Waals surface area contributed by atoms with E-state index < -0.39 is 0 Å². The number of pyridine rings is 2. The van der Waals surface area contributed by atoms with Crippen molar-refractivity contribution in [1.29, 1.82) is 0 Å². The van der Waals surface area contributed by atoms with E-state index in [0.717, 1.165) is 16.8 Å². The molecule has 0 saturated carbocycles. The number of rotatable bonds is 3. The molecular weight excluding hydrogens is 300 g/mol. The summed E-state index contributed by atoms with van der Waals surface area (Å²) in [6, 6.07) is 19.2. The van der Waals surface area contributed by atoms with E-state index in [2.05, 4.69) is 9.55 Å². The van der Waals surface area contributed by atoms with Crippen LogP contribution in [0.5, 0.6) is 5.75 Å².